The molecule has 5 rings (SSSR count). The maximum Gasteiger partial charge on any atom is 0.332 e. The molecule has 0 N–H and O–H groups in total. The van der Waals surface area contributed by atoms with E-state index in [4.69, 9.17) is 0 Å². The van der Waals surface area contributed by atoms with Crippen LogP contribution in [0.3, 0.4) is 0 Å². The second-order valence-corrected chi connectivity index (χ2v) is 6.65. The topological polar surface area (TPSA) is 40.6 Å². The van der Waals surface area contributed by atoms with Crippen molar-refractivity contribution in [2.45, 2.75) is 31.3 Å². The summed E-state index contributed by atoms with van der Waals surface area (Å²) in [6, 6.07) is 9.47. The van der Waals surface area contributed by atoms with Gasteiger partial charge in [-0.3, -0.25) is 4.79 Å². The van der Waals surface area contributed by atoms with Gasteiger partial charge in [-0.05, 0) is 37.3 Å². The molecule has 1 aliphatic carbocycles. The number of fused-ring (bicyclic) bond motifs is 6. The van der Waals surface area contributed by atoms with Crippen molar-refractivity contribution in [2.75, 3.05) is 4.90 Å². The van der Waals surface area contributed by atoms with E-state index in [0.29, 0.717) is 16.5 Å². The molecule has 2 aromatic rings. The highest BCUT2D eigenvalue weighted by molar-refractivity contribution is 6.24. The van der Waals surface area contributed by atoms with E-state index in [0.717, 1.165) is 19.3 Å². The Hall–Kier alpha value is -2.43. The van der Waals surface area contributed by atoms with Crippen molar-refractivity contribution in [1.29, 1.82) is 0 Å². The van der Waals surface area contributed by atoms with Crippen LogP contribution in [-0.2, 0) is 4.79 Å². The SMILES string of the molecule is O=C1[C@@H]2[C@@H]3CC[C@@H](C3)N2C(=O)N1c1ccc(F)c2ccccc12. The Kier molecular flexibility index (Phi) is 2.45. The second kappa shape index (κ2) is 4.31. The molecule has 2 aromatic carbocycles. The van der Waals surface area contributed by atoms with Crippen LogP contribution in [0.5, 0.6) is 0 Å². The smallest absolute Gasteiger partial charge is 0.309 e. The molecule has 3 atom stereocenters. The van der Waals surface area contributed by atoms with Crippen molar-refractivity contribution in [3.8, 4) is 0 Å². The highest BCUT2D eigenvalue weighted by Crippen LogP contribution is 2.47. The predicted molar refractivity (Wildman–Crippen MR) is 83.5 cm³/mol. The molecule has 0 aromatic heterocycles. The molecule has 5 heteroatoms. The van der Waals surface area contributed by atoms with E-state index in [9.17, 15) is 14.0 Å². The van der Waals surface area contributed by atoms with E-state index < -0.39 is 0 Å². The zero-order valence-electron chi connectivity index (χ0n) is 12.4. The van der Waals surface area contributed by atoms with E-state index in [1.165, 1.54) is 17.0 Å². The Morgan fingerprint density at radius 1 is 1.00 bits per heavy atom. The number of carbonyl (C=O) groups excluding carboxylic acids is 2. The average Bonchev–Trinajstić information content (AvgIpc) is 3.24. The lowest BCUT2D eigenvalue weighted by Gasteiger charge is -2.25. The minimum absolute atomic E-state index is 0.154. The quantitative estimate of drug-likeness (QED) is 0.758. The molecule has 4 nitrogen and oxygen atoms in total. The van der Waals surface area contributed by atoms with Crippen molar-refractivity contribution in [2.24, 2.45) is 5.92 Å². The highest BCUT2D eigenvalue weighted by atomic mass is 19.1. The Morgan fingerprint density at radius 2 is 1.78 bits per heavy atom. The third-order valence-electron chi connectivity index (χ3n) is 5.56. The van der Waals surface area contributed by atoms with Gasteiger partial charge in [-0.15, -0.1) is 0 Å². The molecule has 23 heavy (non-hydrogen) atoms. The Morgan fingerprint density at radius 3 is 2.57 bits per heavy atom. The molecule has 1 saturated carbocycles. The molecule has 2 bridgehead atoms. The summed E-state index contributed by atoms with van der Waals surface area (Å²) in [6.45, 7) is 0. The summed E-state index contributed by atoms with van der Waals surface area (Å²) in [6.07, 6.45) is 2.95. The first-order chi connectivity index (χ1) is 11.2. The Labute approximate surface area is 132 Å². The van der Waals surface area contributed by atoms with Crippen LogP contribution < -0.4 is 4.90 Å². The minimum Gasteiger partial charge on any atom is -0.309 e. The number of piperidine rings is 1. The molecule has 2 aliphatic heterocycles. The van der Waals surface area contributed by atoms with Crippen molar-refractivity contribution in [1.82, 2.24) is 4.90 Å². The molecule has 0 radical (unpaired) electrons. The fraction of sp³-hybridized carbons (Fsp3) is 0.333. The fourth-order valence-electron chi connectivity index (χ4n) is 4.59. The first-order valence-electron chi connectivity index (χ1n) is 8.00. The Bertz CT molecular complexity index is 837. The minimum atomic E-state index is -0.344. The number of nitrogens with zero attached hydrogens (tertiary/aromatic N) is 2. The van der Waals surface area contributed by atoms with Crippen LogP contribution in [0.1, 0.15) is 19.3 Å². The van der Waals surface area contributed by atoms with Gasteiger partial charge in [0.05, 0.1) is 5.69 Å². The van der Waals surface area contributed by atoms with Crippen LogP contribution in [0.2, 0.25) is 0 Å². The fourth-order valence-corrected chi connectivity index (χ4v) is 4.59. The second-order valence-electron chi connectivity index (χ2n) is 6.65. The van der Waals surface area contributed by atoms with E-state index in [2.05, 4.69) is 0 Å². The summed E-state index contributed by atoms with van der Waals surface area (Å²) in [5.41, 5.74) is 0.491. The lowest BCUT2D eigenvalue weighted by Crippen LogP contribution is -2.40. The van der Waals surface area contributed by atoms with Crippen LogP contribution in [0.4, 0.5) is 14.9 Å². The summed E-state index contributed by atoms with van der Waals surface area (Å²) in [5, 5.41) is 1.03. The number of rotatable bonds is 1. The summed E-state index contributed by atoms with van der Waals surface area (Å²) in [5.74, 6) is -0.212. The van der Waals surface area contributed by atoms with E-state index in [-0.39, 0.29) is 35.8 Å². The van der Waals surface area contributed by atoms with Gasteiger partial charge in [-0.25, -0.2) is 14.1 Å². The van der Waals surface area contributed by atoms with Crippen molar-refractivity contribution >= 4 is 28.4 Å². The molecule has 0 spiro atoms. The molecule has 2 saturated heterocycles. The number of amides is 3. The van der Waals surface area contributed by atoms with Gasteiger partial charge in [-0.2, -0.15) is 0 Å². The number of hydrogen-bond donors (Lipinski definition) is 0. The lowest BCUT2D eigenvalue weighted by molar-refractivity contribution is -0.120. The van der Waals surface area contributed by atoms with Gasteiger partial charge in [0.25, 0.3) is 5.91 Å². The first-order valence-corrected chi connectivity index (χ1v) is 8.00. The molecule has 3 amide bonds. The van der Waals surface area contributed by atoms with Gasteiger partial charge in [0.15, 0.2) is 0 Å². The highest BCUT2D eigenvalue weighted by Gasteiger charge is 2.59. The van der Waals surface area contributed by atoms with Gasteiger partial charge in [0.1, 0.15) is 11.9 Å². The number of hydrogen-bond acceptors (Lipinski definition) is 2. The summed E-state index contributed by atoms with van der Waals surface area (Å²) >= 11 is 0. The lowest BCUT2D eigenvalue weighted by atomic mass is 9.99. The van der Waals surface area contributed by atoms with Crippen LogP contribution in [0.25, 0.3) is 10.8 Å². The molecule has 0 unspecified atom stereocenters. The van der Waals surface area contributed by atoms with Gasteiger partial charge < -0.3 is 4.90 Å². The van der Waals surface area contributed by atoms with Gasteiger partial charge in [0, 0.05) is 16.8 Å². The molecule has 2 heterocycles. The van der Waals surface area contributed by atoms with E-state index >= 15 is 0 Å². The van der Waals surface area contributed by atoms with Crippen LogP contribution in [-0.4, -0.2) is 28.9 Å². The number of anilines is 1. The maximum atomic E-state index is 14.0. The first kappa shape index (κ1) is 13.0. The van der Waals surface area contributed by atoms with Crippen molar-refractivity contribution in [3.05, 3.63) is 42.2 Å². The largest absolute Gasteiger partial charge is 0.332 e. The van der Waals surface area contributed by atoms with Crippen LogP contribution in [0.15, 0.2) is 36.4 Å². The number of benzene rings is 2. The van der Waals surface area contributed by atoms with Crippen LogP contribution in [0, 0.1) is 11.7 Å². The summed E-state index contributed by atoms with van der Waals surface area (Å²) < 4.78 is 14.0. The van der Waals surface area contributed by atoms with Gasteiger partial charge in [0.2, 0.25) is 0 Å². The third kappa shape index (κ3) is 1.54. The molecule has 3 fully saturated rings. The monoisotopic (exact) mass is 310 g/mol. The summed E-state index contributed by atoms with van der Waals surface area (Å²) in [4.78, 5) is 28.8. The van der Waals surface area contributed by atoms with Gasteiger partial charge >= 0.3 is 6.03 Å². The van der Waals surface area contributed by atoms with Gasteiger partial charge in [-0.1, -0.05) is 24.3 Å². The average molecular weight is 310 g/mol. The van der Waals surface area contributed by atoms with Crippen molar-refractivity contribution < 1.29 is 14.0 Å². The standard InChI is InChI=1S/C18H15FN2O2/c19-14-7-8-15(13-4-2-1-3-12(13)14)21-17(22)16-10-5-6-11(9-10)20(16)18(21)23/h1-4,7-8,10-11,16H,5-6,9H2/t10-,11+,16+/m1/s1. The molecule has 3 aliphatic rings. The van der Waals surface area contributed by atoms with E-state index in [1.54, 1.807) is 29.2 Å². The Balaban J connectivity index is 1.67. The predicted octanol–water partition coefficient (Wildman–Crippen LogP) is 3.30. The maximum absolute atomic E-state index is 14.0. The number of carbonyl (C=O) groups is 2. The summed E-state index contributed by atoms with van der Waals surface area (Å²) in [7, 11) is 0. The number of urea groups is 1. The zero-order valence-corrected chi connectivity index (χ0v) is 12.4. The molecule has 116 valence electrons. The normalized spacial score (nSPS) is 29.0. The number of halogens is 1. The van der Waals surface area contributed by atoms with Crippen LogP contribution >= 0.6 is 0 Å². The molecular weight excluding hydrogens is 295 g/mol. The van der Waals surface area contributed by atoms with E-state index in [1.807, 2.05) is 0 Å². The zero-order chi connectivity index (χ0) is 15.7. The molecular formula is C18H15FN2O2. The third-order valence-corrected chi connectivity index (χ3v) is 5.56. The number of imide groups is 1. The van der Waals surface area contributed by atoms with Crippen molar-refractivity contribution in [3.63, 3.8) is 0 Å².